The van der Waals surface area contributed by atoms with Crippen molar-refractivity contribution in [3.63, 3.8) is 0 Å². The van der Waals surface area contributed by atoms with E-state index in [0.717, 1.165) is 12.8 Å². The molecule has 5 nitrogen and oxygen atoms in total. The van der Waals surface area contributed by atoms with Gasteiger partial charge < -0.3 is 10.6 Å². The second-order valence-corrected chi connectivity index (χ2v) is 5.41. The molecule has 1 aliphatic heterocycles. The molecular weight excluding hydrogens is 283 g/mol. The zero-order valence-electron chi connectivity index (χ0n) is 12.3. The Morgan fingerprint density at radius 2 is 2.27 bits per heavy atom. The summed E-state index contributed by atoms with van der Waals surface area (Å²) >= 11 is 0. The van der Waals surface area contributed by atoms with Crippen LogP contribution in [-0.4, -0.2) is 27.3 Å². The summed E-state index contributed by atoms with van der Waals surface area (Å²) in [5.41, 5.74) is 7.81. The van der Waals surface area contributed by atoms with Gasteiger partial charge >= 0.3 is 0 Å². The van der Waals surface area contributed by atoms with Crippen LogP contribution in [0.3, 0.4) is 0 Å². The second-order valence-electron chi connectivity index (χ2n) is 5.41. The fourth-order valence-corrected chi connectivity index (χ4v) is 2.97. The molecule has 1 aromatic carbocycles. The van der Waals surface area contributed by atoms with E-state index in [1.165, 1.54) is 12.1 Å². The number of hydrogen-bond acceptors (Lipinski definition) is 4. The van der Waals surface area contributed by atoms with Gasteiger partial charge in [-0.25, -0.2) is 14.4 Å². The zero-order chi connectivity index (χ0) is 15.7. The van der Waals surface area contributed by atoms with Crippen molar-refractivity contribution in [3.05, 3.63) is 42.0 Å². The number of rotatable bonds is 2. The van der Waals surface area contributed by atoms with Crippen molar-refractivity contribution in [2.45, 2.75) is 25.8 Å². The van der Waals surface area contributed by atoms with Gasteiger partial charge in [0.25, 0.3) is 0 Å². The Hall–Kier alpha value is -2.50. The van der Waals surface area contributed by atoms with Crippen molar-refractivity contribution < 1.29 is 9.18 Å². The number of carbonyl (C=O) groups is 1. The molecule has 0 aliphatic carbocycles. The third-order valence-electron chi connectivity index (χ3n) is 3.95. The number of carbonyl (C=O) groups excluding carboxylic acids is 1. The Morgan fingerprint density at radius 3 is 3.00 bits per heavy atom. The number of benzene rings is 1. The number of amides is 1. The summed E-state index contributed by atoms with van der Waals surface area (Å²) < 4.78 is 13.5. The Bertz CT molecular complexity index is 719. The average Bonchev–Trinajstić information content (AvgIpc) is 2.96. The predicted octanol–water partition coefficient (Wildman–Crippen LogP) is 2.55. The molecule has 1 atom stereocenters. The van der Waals surface area contributed by atoms with Gasteiger partial charge in [-0.15, -0.1) is 0 Å². The minimum Gasteiger partial charge on any atom is -0.368 e. The summed E-state index contributed by atoms with van der Waals surface area (Å²) in [6.45, 7) is 2.25. The highest BCUT2D eigenvalue weighted by Gasteiger charge is 2.31. The predicted molar refractivity (Wildman–Crippen MR) is 81.2 cm³/mol. The lowest BCUT2D eigenvalue weighted by atomic mass is 10.00. The topological polar surface area (TPSA) is 72.1 Å². The first-order valence-electron chi connectivity index (χ1n) is 7.22. The Kier molecular flexibility index (Phi) is 3.75. The Labute approximate surface area is 128 Å². The highest BCUT2D eigenvalue weighted by atomic mass is 19.1. The lowest BCUT2D eigenvalue weighted by Crippen LogP contribution is -2.29. The molecule has 0 spiro atoms. The molecule has 1 saturated heterocycles. The fourth-order valence-electron chi connectivity index (χ4n) is 2.97. The minimum absolute atomic E-state index is 0.00451. The number of nitrogens with zero attached hydrogens (tertiary/aromatic N) is 3. The van der Waals surface area contributed by atoms with Crippen LogP contribution >= 0.6 is 0 Å². The number of hydrogen-bond donors (Lipinski definition) is 1. The molecule has 0 saturated carbocycles. The Morgan fingerprint density at radius 1 is 1.45 bits per heavy atom. The van der Waals surface area contributed by atoms with Crippen LogP contribution in [-0.2, 0) is 4.79 Å². The summed E-state index contributed by atoms with van der Waals surface area (Å²) in [7, 11) is 0. The van der Waals surface area contributed by atoms with Gasteiger partial charge in [0.2, 0.25) is 11.9 Å². The monoisotopic (exact) mass is 300 g/mol. The molecule has 1 aromatic heterocycles. The van der Waals surface area contributed by atoms with Gasteiger partial charge in [-0.3, -0.25) is 4.79 Å². The molecule has 1 aliphatic rings. The summed E-state index contributed by atoms with van der Waals surface area (Å²) in [5.74, 6) is -0.162. The van der Waals surface area contributed by atoms with E-state index in [4.69, 9.17) is 5.73 Å². The van der Waals surface area contributed by atoms with Crippen LogP contribution in [0.5, 0.6) is 0 Å². The first kappa shape index (κ1) is 14.4. The first-order valence-corrected chi connectivity index (χ1v) is 7.22. The summed E-state index contributed by atoms with van der Waals surface area (Å²) in [6, 6.07) is 6.13. The van der Waals surface area contributed by atoms with Crippen molar-refractivity contribution >= 4 is 11.9 Å². The second kappa shape index (κ2) is 5.71. The van der Waals surface area contributed by atoms with Crippen molar-refractivity contribution in [1.82, 2.24) is 14.9 Å². The van der Waals surface area contributed by atoms with E-state index >= 15 is 0 Å². The zero-order valence-corrected chi connectivity index (χ0v) is 12.3. The minimum atomic E-state index is -0.324. The van der Waals surface area contributed by atoms with E-state index < -0.39 is 0 Å². The van der Waals surface area contributed by atoms with Gasteiger partial charge in [0, 0.05) is 25.2 Å². The van der Waals surface area contributed by atoms with Crippen molar-refractivity contribution in [3.8, 4) is 11.1 Å². The maximum Gasteiger partial charge on any atom is 0.220 e. The largest absolute Gasteiger partial charge is 0.368 e. The number of halogens is 1. The molecule has 6 heteroatoms. The van der Waals surface area contributed by atoms with E-state index in [1.54, 1.807) is 30.2 Å². The van der Waals surface area contributed by atoms with Gasteiger partial charge in [-0.2, -0.15) is 0 Å². The lowest BCUT2D eigenvalue weighted by Gasteiger charge is -2.24. The average molecular weight is 300 g/mol. The highest BCUT2D eigenvalue weighted by molar-refractivity contribution is 5.75. The van der Waals surface area contributed by atoms with Crippen LogP contribution in [0.25, 0.3) is 11.1 Å². The van der Waals surface area contributed by atoms with Crippen molar-refractivity contribution in [2.24, 2.45) is 0 Å². The van der Waals surface area contributed by atoms with Crippen LogP contribution in [0.1, 0.15) is 31.5 Å². The van der Waals surface area contributed by atoms with Crippen LogP contribution < -0.4 is 5.73 Å². The number of likely N-dealkylation sites (tertiary alicyclic amines) is 1. The number of anilines is 1. The molecule has 0 radical (unpaired) electrons. The third-order valence-corrected chi connectivity index (χ3v) is 3.95. The van der Waals surface area contributed by atoms with E-state index in [1.807, 2.05) is 0 Å². The lowest BCUT2D eigenvalue weighted by molar-refractivity contribution is -0.129. The van der Waals surface area contributed by atoms with Crippen molar-refractivity contribution in [1.29, 1.82) is 0 Å². The molecule has 2 aromatic rings. The quantitative estimate of drug-likeness (QED) is 0.925. The number of nitrogen functional groups attached to an aromatic ring is 1. The molecule has 3 rings (SSSR count). The molecule has 0 unspecified atom stereocenters. The molecule has 1 fully saturated rings. The summed E-state index contributed by atoms with van der Waals surface area (Å²) in [6.07, 6.45) is 3.33. The molecule has 1 amide bonds. The third kappa shape index (κ3) is 2.64. The summed E-state index contributed by atoms with van der Waals surface area (Å²) in [4.78, 5) is 22.0. The van der Waals surface area contributed by atoms with Crippen molar-refractivity contribution in [2.75, 3.05) is 12.3 Å². The highest BCUT2D eigenvalue weighted by Crippen LogP contribution is 2.36. The van der Waals surface area contributed by atoms with Gasteiger partial charge in [0.1, 0.15) is 5.82 Å². The van der Waals surface area contributed by atoms with E-state index in [-0.39, 0.29) is 23.7 Å². The van der Waals surface area contributed by atoms with Gasteiger partial charge in [-0.05, 0) is 30.5 Å². The van der Waals surface area contributed by atoms with E-state index in [2.05, 4.69) is 9.97 Å². The molecular formula is C16H17FN4O. The molecule has 114 valence electrons. The normalized spacial score (nSPS) is 17.7. The van der Waals surface area contributed by atoms with Gasteiger partial charge in [-0.1, -0.05) is 12.1 Å². The summed E-state index contributed by atoms with van der Waals surface area (Å²) in [5, 5.41) is 0. The Balaban J connectivity index is 2.11. The van der Waals surface area contributed by atoms with Gasteiger partial charge in [0.05, 0.1) is 11.7 Å². The SMILES string of the molecule is CC(=O)N1CCC[C@H]1c1nc(N)ncc1-c1cccc(F)c1. The van der Waals surface area contributed by atoms with E-state index in [0.29, 0.717) is 23.4 Å². The maximum atomic E-state index is 13.5. The first-order chi connectivity index (χ1) is 10.6. The standard InChI is InChI=1S/C16H17FN4O/c1-10(22)21-7-3-6-14(21)15-13(9-19-16(18)20-15)11-4-2-5-12(17)8-11/h2,4-5,8-9,14H,3,6-7H2,1H3,(H2,18,19,20)/t14-/m0/s1. The molecule has 0 bridgehead atoms. The number of aromatic nitrogens is 2. The molecule has 2 N–H and O–H groups in total. The van der Waals surface area contributed by atoms with Crippen LogP contribution in [0, 0.1) is 5.82 Å². The van der Waals surface area contributed by atoms with Gasteiger partial charge in [0.15, 0.2) is 0 Å². The van der Waals surface area contributed by atoms with E-state index in [9.17, 15) is 9.18 Å². The molecule has 2 heterocycles. The smallest absolute Gasteiger partial charge is 0.220 e. The fraction of sp³-hybridized carbons (Fsp3) is 0.312. The maximum absolute atomic E-state index is 13.5. The van der Waals surface area contributed by atoms with Crippen LogP contribution in [0.2, 0.25) is 0 Å². The van der Waals surface area contributed by atoms with Crippen LogP contribution in [0.4, 0.5) is 10.3 Å². The van der Waals surface area contributed by atoms with Crippen LogP contribution in [0.15, 0.2) is 30.5 Å². The molecule has 22 heavy (non-hydrogen) atoms. The number of nitrogens with two attached hydrogens (primary N) is 1.